The Labute approximate surface area is 203 Å². The van der Waals surface area contributed by atoms with Gasteiger partial charge in [-0.2, -0.15) is 0 Å². The zero-order valence-corrected chi connectivity index (χ0v) is 19.8. The summed E-state index contributed by atoms with van der Waals surface area (Å²) in [6.45, 7) is 3.33. The number of carbonyl (C=O) groups excluding carboxylic acids is 2. The standard InChI is InChI=1S/C26H29N7O2/c1-2-21(34)32-14-5-6-19(16-32)25-31-22(23-24(27)29-13-15-33(23)25)17-8-10-18(11-9-17)26(35)30-20-7-3-4-12-28-20/h4,8-13,15,19H,2-3,5-7,14,16H2,1H3,(H2,27,29)(H,28,30,35). The fourth-order valence-electron chi connectivity index (χ4n) is 4.79. The molecule has 0 saturated carbocycles. The maximum atomic E-state index is 12.7. The van der Waals surface area contributed by atoms with Gasteiger partial charge in [0.2, 0.25) is 5.91 Å². The lowest BCUT2D eigenvalue weighted by Gasteiger charge is -2.32. The normalized spacial score (nSPS) is 17.9. The van der Waals surface area contributed by atoms with Crippen molar-refractivity contribution in [3.63, 3.8) is 0 Å². The number of aromatic nitrogens is 3. The van der Waals surface area contributed by atoms with Gasteiger partial charge in [0, 0.05) is 61.6 Å². The summed E-state index contributed by atoms with van der Waals surface area (Å²) in [5, 5.41) is 2.88. The zero-order valence-electron chi connectivity index (χ0n) is 19.8. The Morgan fingerprint density at radius 3 is 2.80 bits per heavy atom. The minimum absolute atomic E-state index is 0.109. The number of aliphatic imine (C=N–C) groups is 1. The number of anilines is 1. The monoisotopic (exact) mass is 471 g/mol. The molecule has 4 heterocycles. The Kier molecular flexibility index (Phi) is 6.31. The molecule has 1 unspecified atom stereocenters. The fraction of sp³-hybridized carbons (Fsp3) is 0.346. The molecular weight excluding hydrogens is 442 g/mol. The first-order valence-corrected chi connectivity index (χ1v) is 12.1. The van der Waals surface area contributed by atoms with Gasteiger partial charge in [-0.25, -0.2) is 15.0 Å². The molecule has 35 heavy (non-hydrogen) atoms. The maximum Gasteiger partial charge on any atom is 0.256 e. The number of rotatable bonds is 4. The number of nitrogens with two attached hydrogens (primary N) is 1. The van der Waals surface area contributed by atoms with Crippen LogP contribution in [0.4, 0.5) is 5.82 Å². The molecule has 9 nitrogen and oxygen atoms in total. The molecule has 1 atom stereocenters. The predicted molar refractivity (Wildman–Crippen MR) is 135 cm³/mol. The first kappa shape index (κ1) is 22.8. The van der Waals surface area contributed by atoms with E-state index in [1.807, 2.05) is 40.6 Å². The van der Waals surface area contributed by atoms with E-state index < -0.39 is 0 Å². The number of nitrogens with one attached hydrogen (secondary N) is 1. The second kappa shape index (κ2) is 9.69. The predicted octanol–water partition coefficient (Wildman–Crippen LogP) is 3.53. The topological polar surface area (TPSA) is 118 Å². The number of amides is 2. The molecule has 2 amide bonds. The lowest BCUT2D eigenvalue weighted by Crippen LogP contribution is -2.39. The SMILES string of the molecule is CCC(=O)N1CCCC(c2nc(-c3ccc(C(=O)NC4=NC=CCC4)cc3)c3c(N)nccn23)C1. The van der Waals surface area contributed by atoms with Crippen LogP contribution in [0.1, 0.15) is 61.1 Å². The number of nitrogen functional groups attached to an aromatic ring is 1. The van der Waals surface area contributed by atoms with Crippen molar-refractivity contribution >= 4 is 29.0 Å². The van der Waals surface area contributed by atoms with E-state index in [0.717, 1.165) is 54.8 Å². The smallest absolute Gasteiger partial charge is 0.256 e. The van der Waals surface area contributed by atoms with E-state index in [1.54, 1.807) is 24.5 Å². The summed E-state index contributed by atoms with van der Waals surface area (Å²) in [7, 11) is 0. The number of piperidine rings is 1. The van der Waals surface area contributed by atoms with Crippen molar-refractivity contribution in [1.82, 2.24) is 24.6 Å². The van der Waals surface area contributed by atoms with Crippen molar-refractivity contribution in [3.05, 3.63) is 60.3 Å². The molecule has 5 rings (SSSR count). The number of allylic oxidation sites excluding steroid dienone is 1. The Balaban J connectivity index is 1.46. The quantitative estimate of drug-likeness (QED) is 0.604. The molecule has 1 aromatic carbocycles. The molecule has 9 heteroatoms. The molecule has 0 spiro atoms. The van der Waals surface area contributed by atoms with Crippen LogP contribution in [0, 0.1) is 0 Å². The highest BCUT2D eigenvalue weighted by atomic mass is 16.2. The fourth-order valence-corrected chi connectivity index (χ4v) is 4.79. The average molecular weight is 472 g/mol. The lowest BCUT2D eigenvalue weighted by molar-refractivity contribution is -0.132. The molecule has 2 aliphatic heterocycles. The van der Waals surface area contributed by atoms with Gasteiger partial charge in [-0.3, -0.25) is 14.0 Å². The van der Waals surface area contributed by atoms with E-state index in [4.69, 9.17) is 10.7 Å². The Bertz CT molecular complexity index is 1320. The van der Waals surface area contributed by atoms with Crippen molar-refractivity contribution in [2.75, 3.05) is 18.8 Å². The van der Waals surface area contributed by atoms with Crippen LogP contribution in [-0.2, 0) is 4.79 Å². The first-order valence-electron chi connectivity index (χ1n) is 12.1. The van der Waals surface area contributed by atoms with E-state index in [0.29, 0.717) is 30.2 Å². The maximum absolute atomic E-state index is 12.7. The summed E-state index contributed by atoms with van der Waals surface area (Å²) >= 11 is 0. The van der Waals surface area contributed by atoms with Crippen LogP contribution in [0.5, 0.6) is 0 Å². The number of hydrogen-bond donors (Lipinski definition) is 2. The Hall–Kier alpha value is -4.01. The van der Waals surface area contributed by atoms with Crippen molar-refractivity contribution < 1.29 is 9.59 Å². The number of benzene rings is 1. The van der Waals surface area contributed by atoms with Crippen LogP contribution >= 0.6 is 0 Å². The third kappa shape index (κ3) is 4.53. The van der Waals surface area contributed by atoms with Crippen molar-refractivity contribution in [3.8, 4) is 11.3 Å². The third-order valence-electron chi connectivity index (χ3n) is 6.61. The molecule has 2 aliphatic rings. The van der Waals surface area contributed by atoms with Crippen LogP contribution in [0.25, 0.3) is 16.8 Å². The van der Waals surface area contributed by atoms with Gasteiger partial charge in [0.25, 0.3) is 5.91 Å². The highest BCUT2D eigenvalue weighted by Crippen LogP contribution is 2.34. The van der Waals surface area contributed by atoms with E-state index in [2.05, 4.69) is 15.3 Å². The number of hydrogen-bond acceptors (Lipinski definition) is 6. The molecule has 0 bridgehead atoms. The number of imidazole rings is 1. The molecule has 3 aromatic rings. The molecule has 1 fully saturated rings. The van der Waals surface area contributed by atoms with Crippen molar-refractivity contribution in [2.24, 2.45) is 4.99 Å². The van der Waals surface area contributed by atoms with Crippen LogP contribution in [0.15, 0.2) is 53.9 Å². The molecular formula is C26H29N7O2. The number of amidine groups is 1. The highest BCUT2D eigenvalue weighted by Gasteiger charge is 2.28. The van der Waals surface area contributed by atoms with Gasteiger partial charge >= 0.3 is 0 Å². The molecule has 2 aromatic heterocycles. The van der Waals surface area contributed by atoms with E-state index >= 15 is 0 Å². The molecule has 0 radical (unpaired) electrons. The third-order valence-corrected chi connectivity index (χ3v) is 6.61. The average Bonchev–Trinajstić information content (AvgIpc) is 3.30. The second-order valence-electron chi connectivity index (χ2n) is 8.91. The van der Waals surface area contributed by atoms with Gasteiger partial charge in [-0.05, 0) is 31.4 Å². The van der Waals surface area contributed by atoms with Gasteiger partial charge in [0.1, 0.15) is 28.7 Å². The van der Waals surface area contributed by atoms with Crippen LogP contribution in [0.2, 0.25) is 0 Å². The number of carbonyl (C=O) groups is 2. The molecule has 0 aliphatic carbocycles. The lowest BCUT2D eigenvalue weighted by atomic mass is 9.97. The van der Waals surface area contributed by atoms with Crippen molar-refractivity contribution in [2.45, 2.75) is 44.9 Å². The molecule has 1 saturated heterocycles. The summed E-state index contributed by atoms with van der Waals surface area (Å²) in [4.78, 5) is 40.4. The van der Waals surface area contributed by atoms with Gasteiger partial charge in [0.05, 0.1) is 0 Å². The molecule has 3 N–H and O–H groups in total. The largest absolute Gasteiger partial charge is 0.382 e. The van der Waals surface area contributed by atoms with Gasteiger partial charge < -0.3 is 16.0 Å². The summed E-state index contributed by atoms with van der Waals surface area (Å²) in [6.07, 6.45) is 11.2. The molecule has 180 valence electrons. The summed E-state index contributed by atoms with van der Waals surface area (Å²) < 4.78 is 2.00. The first-order chi connectivity index (χ1) is 17.0. The number of fused-ring (bicyclic) bond motifs is 1. The summed E-state index contributed by atoms with van der Waals surface area (Å²) in [5.41, 5.74) is 9.15. The van der Waals surface area contributed by atoms with Crippen LogP contribution in [-0.4, -0.2) is 50.0 Å². The Morgan fingerprint density at radius 1 is 1.23 bits per heavy atom. The van der Waals surface area contributed by atoms with Gasteiger partial charge in [0.15, 0.2) is 0 Å². The minimum atomic E-state index is -0.190. The van der Waals surface area contributed by atoms with Gasteiger partial charge in [-0.15, -0.1) is 0 Å². The van der Waals surface area contributed by atoms with E-state index in [-0.39, 0.29) is 17.7 Å². The van der Waals surface area contributed by atoms with Crippen molar-refractivity contribution in [1.29, 1.82) is 0 Å². The summed E-state index contributed by atoms with van der Waals surface area (Å²) in [5.74, 6) is 2.03. The van der Waals surface area contributed by atoms with Gasteiger partial charge in [-0.1, -0.05) is 25.1 Å². The number of likely N-dealkylation sites (tertiary alicyclic amines) is 1. The summed E-state index contributed by atoms with van der Waals surface area (Å²) in [6, 6.07) is 7.32. The van der Waals surface area contributed by atoms with E-state index in [1.165, 1.54) is 0 Å². The second-order valence-corrected chi connectivity index (χ2v) is 8.91. The zero-order chi connectivity index (χ0) is 24.4. The van der Waals surface area contributed by atoms with E-state index in [9.17, 15) is 9.59 Å². The van der Waals surface area contributed by atoms with Crippen LogP contribution < -0.4 is 11.1 Å². The minimum Gasteiger partial charge on any atom is -0.382 e. The highest BCUT2D eigenvalue weighted by molar-refractivity contribution is 6.07. The number of nitrogens with zero attached hydrogens (tertiary/aromatic N) is 5. The Morgan fingerprint density at radius 2 is 2.06 bits per heavy atom. The van der Waals surface area contributed by atoms with Crippen LogP contribution in [0.3, 0.4) is 0 Å².